The van der Waals surface area contributed by atoms with E-state index in [0.717, 1.165) is 60.7 Å². The highest BCUT2D eigenvalue weighted by atomic mass is 16.5. The average molecular weight is 485 g/mol. The molecule has 4 aliphatic rings. The van der Waals surface area contributed by atoms with E-state index in [0.29, 0.717) is 5.41 Å². The summed E-state index contributed by atoms with van der Waals surface area (Å²) in [6.07, 6.45) is 15.0. The number of carbonyl (C=O) groups excluding carboxylic acids is 1. The molecule has 0 aliphatic heterocycles. The van der Waals surface area contributed by atoms with Crippen LogP contribution in [0.2, 0.25) is 0 Å². The SMILES string of the molecule is C=C(CO)C(=O)O[C@H]1CC[C@@]2(C)C(=CC[C@H]3[C@@H]4CC[C@H]([C@H](C)CC[C@@H](C)C(C)C)[C@@]4(C)CC[C@@H]32)C1. The van der Waals surface area contributed by atoms with Crippen LogP contribution >= 0.6 is 0 Å². The Bertz CT molecular complexity index is 827. The van der Waals surface area contributed by atoms with Gasteiger partial charge in [-0.3, -0.25) is 0 Å². The number of hydrogen-bond acceptors (Lipinski definition) is 3. The van der Waals surface area contributed by atoms with Gasteiger partial charge in [0.15, 0.2) is 0 Å². The second kappa shape index (κ2) is 10.3. The van der Waals surface area contributed by atoms with Gasteiger partial charge in [-0.15, -0.1) is 0 Å². The van der Waals surface area contributed by atoms with E-state index in [-0.39, 0.29) is 23.7 Å². The minimum atomic E-state index is -0.433. The first kappa shape index (κ1) is 27.0. The van der Waals surface area contributed by atoms with E-state index < -0.39 is 5.97 Å². The lowest BCUT2D eigenvalue weighted by molar-refractivity contribution is -0.147. The maximum absolute atomic E-state index is 12.2. The zero-order valence-corrected chi connectivity index (χ0v) is 23.4. The number of aliphatic hydroxyl groups is 1. The second-order valence-corrected chi connectivity index (χ2v) is 13.8. The molecule has 0 aromatic heterocycles. The lowest BCUT2D eigenvalue weighted by atomic mass is 9.47. The molecule has 3 nitrogen and oxygen atoms in total. The first-order valence-electron chi connectivity index (χ1n) is 14.7. The summed E-state index contributed by atoms with van der Waals surface area (Å²) in [5, 5.41) is 9.21. The molecule has 3 saturated carbocycles. The molecule has 0 saturated heterocycles. The predicted octanol–water partition coefficient (Wildman–Crippen LogP) is 7.73. The Hall–Kier alpha value is -1.09. The molecule has 0 bridgehead atoms. The molecule has 0 aromatic rings. The Morgan fingerprint density at radius 1 is 1.09 bits per heavy atom. The van der Waals surface area contributed by atoms with Crippen LogP contribution in [0.15, 0.2) is 23.8 Å². The number of esters is 1. The molecule has 3 heteroatoms. The number of fused-ring (bicyclic) bond motifs is 5. The Balaban J connectivity index is 1.44. The molecule has 9 atom stereocenters. The Morgan fingerprint density at radius 2 is 1.83 bits per heavy atom. The number of aliphatic hydroxyl groups excluding tert-OH is 1. The molecule has 35 heavy (non-hydrogen) atoms. The molecule has 0 spiro atoms. The van der Waals surface area contributed by atoms with Crippen LogP contribution in [-0.4, -0.2) is 23.8 Å². The number of rotatable bonds is 8. The Labute approximate surface area is 215 Å². The normalized spacial score (nSPS) is 40.2. The molecule has 0 heterocycles. The highest BCUT2D eigenvalue weighted by molar-refractivity contribution is 5.88. The van der Waals surface area contributed by atoms with Gasteiger partial charge < -0.3 is 9.84 Å². The Morgan fingerprint density at radius 3 is 2.51 bits per heavy atom. The highest BCUT2D eigenvalue weighted by Crippen LogP contribution is 2.67. The largest absolute Gasteiger partial charge is 0.459 e. The summed E-state index contributed by atoms with van der Waals surface area (Å²) < 4.78 is 5.71. The van der Waals surface area contributed by atoms with Crippen LogP contribution < -0.4 is 0 Å². The molecule has 0 aromatic carbocycles. The summed E-state index contributed by atoms with van der Waals surface area (Å²) in [4.78, 5) is 12.2. The van der Waals surface area contributed by atoms with Gasteiger partial charge in [-0.05, 0) is 97.2 Å². The number of hydrogen-bond donors (Lipinski definition) is 1. The van der Waals surface area contributed by atoms with Crippen LogP contribution in [0.1, 0.15) is 106 Å². The number of allylic oxidation sites excluding steroid dienone is 1. The van der Waals surface area contributed by atoms with E-state index in [1.807, 2.05) is 0 Å². The van der Waals surface area contributed by atoms with Crippen LogP contribution in [0, 0.1) is 52.3 Å². The van der Waals surface area contributed by atoms with E-state index in [2.05, 4.69) is 54.2 Å². The van der Waals surface area contributed by atoms with Crippen molar-refractivity contribution in [3.8, 4) is 0 Å². The quantitative estimate of drug-likeness (QED) is 0.218. The van der Waals surface area contributed by atoms with E-state index in [9.17, 15) is 9.90 Å². The summed E-state index contributed by atoms with van der Waals surface area (Å²) in [6, 6.07) is 0. The van der Waals surface area contributed by atoms with E-state index in [4.69, 9.17) is 4.74 Å². The monoisotopic (exact) mass is 484 g/mol. The first-order valence-corrected chi connectivity index (χ1v) is 14.7. The topological polar surface area (TPSA) is 46.5 Å². The van der Waals surface area contributed by atoms with Gasteiger partial charge >= 0.3 is 5.97 Å². The summed E-state index contributed by atoms with van der Waals surface area (Å²) in [6.45, 7) is 18.2. The first-order chi connectivity index (χ1) is 16.5. The van der Waals surface area contributed by atoms with Crippen molar-refractivity contribution in [3.05, 3.63) is 23.8 Å². The van der Waals surface area contributed by atoms with Crippen molar-refractivity contribution in [2.24, 2.45) is 52.3 Å². The summed E-state index contributed by atoms with van der Waals surface area (Å²) in [7, 11) is 0. The highest BCUT2D eigenvalue weighted by Gasteiger charge is 2.59. The Kier molecular flexibility index (Phi) is 7.97. The third kappa shape index (κ3) is 4.92. The maximum atomic E-state index is 12.2. The van der Waals surface area contributed by atoms with Gasteiger partial charge in [0.2, 0.25) is 0 Å². The van der Waals surface area contributed by atoms with Gasteiger partial charge in [0.1, 0.15) is 6.10 Å². The van der Waals surface area contributed by atoms with Crippen molar-refractivity contribution in [2.75, 3.05) is 6.61 Å². The van der Waals surface area contributed by atoms with Gasteiger partial charge in [-0.1, -0.05) is 72.6 Å². The van der Waals surface area contributed by atoms with Crippen molar-refractivity contribution in [1.82, 2.24) is 0 Å². The molecule has 1 N–H and O–H groups in total. The molecule has 198 valence electrons. The number of ether oxygens (including phenoxy) is 1. The summed E-state index contributed by atoms with van der Waals surface area (Å²) in [5.74, 6) is 5.39. The molecule has 4 rings (SSSR count). The molecule has 4 aliphatic carbocycles. The lowest BCUT2D eigenvalue weighted by Crippen LogP contribution is -2.51. The fraction of sp³-hybridized carbons (Fsp3) is 0.844. The van der Waals surface area contributed by atoms with Gasteiger partial charge in [-0.2, -0.15) is 0 Å². The third-order valence-corrected chi connectivity index (χ3v) is 11.8. The van der Waals surface area contributed by atoms with Crippen LogP contribution in [0.5, 0.6) is 0 Å². The second-order valence-electron chi connectivity index (χ2n) is 13.8. The van der Waals surface area contributed by atoms with Gasteiger partial charge in [0.25, 0.3) is 0 Å². The fourth-order valence-corrected chi connectivity index (χ4v) is 9.06. The lowest BCUT2D eigenvalue weighted by Gasteiger charge is -2.58. The third-order valence-electron chi connectivity index (χ3n) is 11.8. The van der Waals surface area contributed by atoms with Crippen molar-refractivity contribution < 1.29 is 14.6 Å². The molecule has 0 radical (unpaired) electrons. The van der Waals surface area contributed by atoms with E-state index >= 15 is 0 Å². The molecule has 0 amide bonds. The van der Waals surface area contributed by atoms with E-state index in [1.54, 1.807) is 0 Å². The molecule has 0 unspecified atom stereocenters. The van der Waals surface area contributed by atoms with Crippen LogP contribution in [-0.2, 0) is 9.53 Å². The zero-order valence-electron chi connectivity index (χ0n) is 23.4. The number of carbonyl (C=O) groups is 1. The van der Waals surface area contributed by atoms with Crippen LogP contribution in [0.3, 0.4) is 0 Å². The van der Waals surface area contributed by atoms with Gasteiger partial charge in [0, 0.05) is 6.42 Å². The standard InChI is InChI=1S/C32H52O3/c1-20(2)21(3)8-9-22(4)27-12-13-28-26-11-10-24-18-25(35-30(34)23(5)19-33)14-16-31(24,6)29(26)15-17-32(27,28)7/h10,20-22,25-29,33H,5,8-9,11-19H2,1-4,6-7H3/t21-,22-,25+,26+,27-,28+,29+,31+,32-/m1/s1. The fourth-order valence-electron chi connectivity index (χ4n) is 9.06. The van der Waals surface area contributed by atoms with Crippen LogP contribution in [0.25, 0.3) is 0 Å². The minimum absolute atomic E-state index is 0.0690. The average Bonchev–Trinajstić information content (AvgIpc) is 3.19. The zero-order chi connectivity index (χ0) is 25.5. The summed E-state index contributed by atoms with van der Waals surface area (Å²) >= 11 is 0. The van der Waals surface area contributed by atoms with Gasteiger partial charge in [0.05, 0.1) is 12.2 Å². The predicted molar refractivity (Wildman–Crippen MR) is 144 cm³/mol. The molecule has 3 fully saturated rings. The smallest absolute Gasteiger partial charge is 0.336 e. The molecular weight excluding hydrogens is 432 g/mol. The van der Waals surface area contributed by atoms with Gasteiger partial charge in [-0.25, -0.2) is 4.79 Å². The maximum Gasteiger partial charge on any atom is 0.336 e. The van der Waals surface area contributed by atoms with Crippen molar-refractivity contribution in [1.29, 1.82) is 0 Å². The minimum Gasteiger partial charge on any atom is -0.459 e. The summed E-state index contributed by atoms with van der Waals surface area (Å²) in [5.41, 5.74) is 2.47. The molecular formula is C32H52O3. The van der Waals surface area contributed by atoms with Crippen molar-refractivity contribution in [3.63, 3.8) is 0 Å². The van der Waals surface area contributed by atoms with E-state index in [1.165, 1.54) is 50.5 Å². The van der Waals surface area contributed by atoms with Crippen LogP contribution in [0.4, 0.5) is 0 Å². The van der Waals surface area contributed by atoms with Crippen molar-refractivity contribution >= 4 is 5.97 Å². The van der Waals surface area contributed by atoms with Crippen molar-refractivity contribution in [2.45, 2.75) is 112 Å².